The zero-order valence-electron chi connectivity index (χ0n) is 20.2. The Labute approximate surface area is 203 Å². The highest BCUT2D eigenvalue weighted by atomic mass is 19.4. The summed E-state index contributed by atoms with van der Waals surface area (Å²) in [6.45, 7) is 5.14. The van der Waals surface area contributed by atoms with E-state index >= 15 is 0 Å². The van der Waals surface area contributed by atoms with Gasteiger partial charge in [-0.15, -0.1) is 0 Å². The summed E-state index contributed by atoms with van der Waals surface area (Å²) >= 11 is 0. The van der Waals surface area contributed by atoms with Crippen LogP contribution in [-0.2, 0) is 11.0 Å². The summed E-state index contributed by atoms with van der Waals surface area (Å²) < 4.78 is 40.3. The molecule has 0 spiro atoms. The van der Waals surface area contributed by atoms with Crippen molar-refractivity contribution in [2.24, 2.45) is 5.92 Å². The minimum atomic E-state index is -4.56. The van der Waals surface area contributed by atoms with Crippen molar-refractivity contribution in [3.8, 4) is 17.3 Å². The van der Waals surface area contributed by atoms with Crippen LogP contribution < -0.4 is 4.90 Å². The van der Waals surface area contributed by atoms with E-state index in [4.69, 9.17) is 4.98 Å². The standard InChI is InChI=1S/C22H20F3N5.C4H8O/c1-29(2)17-7-8-30(13-17)21-20(27-18-5-3-4-6-19(18)28-21)15-9-14(12-26)10-16(11-15)22(23,24)25;1-4(2)3-5/h3-6,9-11,17H,7-8,13H2,1-2H3;3-4H,1-2H3. The highest BCUT2D eigenvalue weighted by Gasteiger charge is 2.33. The van der Waals surface area contributed by atoms with Crippen LogP contribution in [0, 0.1) is 17.2 Å². The van der Waals surface area contributed by atoms with Gasteiger partial charge in [0.1, 0.15) is 12.0 Å². The molecule has 35 heavy (non-hydrogen) atoms. The SMILES string of the molecule is CC(C)C=O.CN(C)C1CCN(c2nc3ccccc3nc2-c2cc(C#N)cc(C(F)(F)F)c2)C1. The molecule has 184 valence electrons. The number of aldehydes is 1. The molecule has 6 nitrogen and oxygen atoms in total. The Kier molecular flexibility index (Phi) is 8.07. The van der Waals surface area contributed by atoms with Gasteiger partial charge in [-0.3, -0.25) is 0 Å². The van der Waals surface area contributed by atoms with E-state index < -0.39 is 11.7 Å². The third-order valence-corrected chi connectivity index (χ3v) is 5.68. The predicted molar refractivity (Wildman–Crippen MR) is 130 cm³/mol. The number of hydrogen-bond acceptors (Lipinski definition) is 6. The maximum Gasteiger partial charge on any atom is 0.416 e. The zero-order chi connectivity index (χ0) is 25.8. The van der Waals surface area contributed by atoms with Crippen molar-refractivity contribution >= 4 is 23.1 Å². The topological polar surface area (TPSA) is 73.1 Å². The van der Waals surface area contributed by atoms with E-state index in [0.29, 0.717) is 35.1 Å². The Balaban J connectivity index is 0.000000623. The molecule has 1 aliphatic heterocycles. The fraction of sp³-hybridized carbons (Fsp3) is 0.385. The van der Waals surface area contributed by atoms with Gasteiger partial charge in [0.25, 0.3) is 0 Å². The minimum Gasteiger partial charge on any atom is -0.353 e. The van der Waals surface area contributed by atoms with Gasteiger partial charge in [0.2, 0.25) is 0 Å². The first-order valence-electron chi connectivity index (χ1n) is 11.3. The van der Waals surface area contributed by atoms with Crippen LogP contribution in [0.3, 0.4) is 0 Å². The summed E-state index contributed by atoms with van der Waals surface area (Å²) in [7, 11) is 4.01. The molecule has 0 aliphatic carbocycles. The molecule has 0 amide bonds. The molecule has 1 saturated heterocycles. The smallest absolute Gasteiger partial charge is 0.353 e. The van der Waals surface area contributed by atoms with Crippen molar-refractivity contribution in [2.75, 3.05) is 32.1 Å². The third-order valence-electron chi connectivity index (χ3n) is 5.68. The molecule has 0 N–H and O–H groups in total. The van der Waals surface area contributed by atoms with Crippen LogP contribution in [0.5, 0.6) is 0 Å². The molecule has 1 fully saturated rings. The minimum absolute atomic E-state index is 0.0617. The highest BCUT2D eigenvalue weighted by molar-refractivity contribution is 5.84. The molecule has 1 atom stereocenters. The van der Waals surface area contributed by atoms with Crippen LogP contribution in [0.2, 0.25) is 0 Å². The van der Waals surface area contributed by atoms with Gasteiger partial charge in [-0.25, -0.2) is 9.97 Å². The largest absolute Gasteiger partial charge is 0.416 e. The van der Waals surface area contributed by atoms with Crippen LogP contribution in [-0.4, -0.2) is 54.4 Å². The van der Waals surface area contributed by atoms with Gasteiger partial charge in [0.15, 0.2) is 5.82 Å². The summed E-state index contributed by atoms with van der Waals surface area (Å²) in [6.07, 6.45) is -2.72. The lowest BCUT2D eigenvalue weighted by Gasteiger charge is -2.23. The maximum absolute atomic E-state index is 13.4. The molecule has 2 aromatic carbocycles. The van der Waals surface area contributed by atoms with Crippen LogP contribution in [0.1, 0.15) is 31.4 Å². The number of hydrogen-bond donors (Lipinski definition) is 0. The van der Waals surface area contributed by atoms with E-state index in [2.05, 4.69) is 14.8 Å². The van der Waals surface area contributed by atoms with E-state index in [0.717, 1.165) is 31.4 Å². The number of anilines is 1. The van der Waals surface area contributed by atoms with E-state index in [-0.39, 0.29) is 17.0 Å². The van der Waals surface area contributed by atoms with Crippen LogP contribution in [0.25, 0.3) is 22.3 Å². The van der Waals surface area contributed by atoms with Gasteiger partial charge in [-0.05, 0) is 50.8 Å². The van der Waals surface area contributed by atoms with Gasteiger partial charge in [-0.2, -0.15) is 18.4 Å². The number of fused-ring (bicyclic) bond motifs is 1. The molecule has 1 aromatic heterocycles. The average molecular weight is 484 g/mol. The van der Waals surface area contributed by atoms with Crippen molar-refractivity contribution in [1.29, 1.82) is 5.26 Å². The second-order valence-corrected chi connectivity index (χ2v) is 9.03. The second kappa shape index (κ2) is 10.8. The van der Waals surface area contributed by atoms with Crippen molar-refractivity contribution in [2.45, 2.75) is 32.5 Å². The number of benzene rings is 2. The summed E-state index contributed by atoms with van der Waals surface area (Å²) in [6, 6.07) is 12.8. The number of carbonyl (C=O) groups excluding carboxylic acids is 1. The lowest BCUT2D eigenvalue weighted by molar-refractivity contribution is -0.137. The van der Waals surface area contributed by atoms with Crippen LogP contribution >= 0.6 is 0 Å². The number of rotatable bonds is 4. The molecule has 0 bridgehead atoms. The van der Waals surface area contributed by atoms with Crippen molar-refractivity contribution in [3.05, 3.63) is 53.6 Å². The van der Waals surface area contributed by atoms with Gasteiger partial charge in [0.05, 0.1) is 28.2 Å². The fourth-order valence-electron chi connectivity index (χ4n) is 3.75. The van der Waals surface area contributed by atoms with Gasteiger partial charge in [0, 0.05) is 30.6 Å². The molecule has 2 heterocycles. The van der Waals surface area contributed by atoms with Crippen molar-refractivity contribution in [1.82, 2.24) is 14.9 Å². The van der Waals surface area contributed by atoms with E-state index in [1.165, 1.54) is 6.07 Å². The summed E-state index contributed by atoms with van der Waals surface area (Å²) in [5, 5.41) is 9.28. The van der Waals surface area contributed by atoms with E-state index in [1.807, 2.05) is 52.2 Å². The molecule has 1 unspecified atom stereocenters. The summed E-state index contributed by atoms with van der Waals surface area (Å²) in [5.41, 5.74) is 0.935. The number of nitriles is 1. The number of nitrogens with zero attached hydrogens (tertiary/aromatic N) is 5. The first kappa shape index (κ1) is 26.1. The fourth-order valence-corrected chi connectivity index (χ4v) is 3.75. The number of likely N-dealkylation sites (N-methyl/N-ethyl adjacent to an activating group) is 1. The maximum atomic E-state index is 13.4. The average Bonchev–Trinajstić information content (AvgIpc) is 3.33. The number of aromatic nitrogens is 2. The van der Waals surface area contributed by atoms with Crippen LogP contribution in [0.15, 0.2) is 42.5 Å². The number of halogens is 3. The third kappa shape index (κ3) is 6.34. The molecular weight excluding hydrogens is 455 g/mol. The van der Waals surface area contributed by atoms with Crippen molar-refractivity contribution < 1.29 is 18.0 Å². The Morgan fingerprint density at radius 2 is 1.77 bits per heavy atom. The molecule has 0 saturated carbocycles. The first-order chi connectivity index (χ1) is 16.5. The van der Waals surface area contributed by atoms with E-state index in [9.17, 15) is 23.2 Å². The number of carbonyl (C=O) groups is 1. The zero-order valence-corrected chi connectivity index (χ0v) is 20.2. The van der Waals surface area contributed by atoms with E-state index in [1.54, 1.807) is 6.07 Å². The van der Waals surface area contributed by atoms with Crippen molar-refractivity contribution in [3.63, 3.8) is 0 Å². The second-order valence-electron chi connectivity index (χ2n) is 9.03. The Morgan fingerprint density at radius 1 is 1.14 bits per heavy atom. The lowest BCUT2D eigenvalue weighted by atomic mass is 10.0. The monoisotopic (exact) mass is 483 g/mol. The normalized spacial score (nSPS) is 15.8. The summed E-state index contributed by atoms with van der Waals surface area (Å²) in [4.78, 5) is 23.1. The molecule has 9 heteroatoms. The first-order valence-corrected chi connectivity index (χ1v) is 11.3. The van der Waals surface area contributed by atoms with Gasteiger partial charge < -0.3 is 14.6 Å². The molecule has 0 radical (unpaired) electrons. The lowest BCUT2D eigenvalue weighted by Crippen LogP contribution is -2.32. The van der Waals surface area contributed by atoms with Crippen LogP contribution in [0.4, 0.5) is 19.0 Å². The van der Waals surface area contributed by atoms with Gasteiger partial charge in [-0.1, -0.05) is 26.0 Å². The summed E-state index contributed by atoms with van der Waals surface area (Å²) in [5.74, 6) is 0.747. The molecule has 1 aliphatic rings. The van der Waals surface area contributed by atoms with Gasteiger partial charge >= 0.3 is 6.18 Å². The number of para-hydroxylation sites is 2. The number of alkyl halides is 3. The Bertz CT molecular complexity index is 1230. The molecule has 3 aromatic rings. The Hall–Kier alpha value is -3.51. The quantitative estimate of drug-likeness (QED) is 0.477. The highest BCUT2D eigenvalue weighted by Crippen LogP contribution is 2.37. The molecular formula is C26H28F3N5O. The Morgan fingerprint density at radius 3 is 2.29 bits per heavy atom. The predicted octanol–water partition coefficient (Wildman–Crippen LogP) is 5.17. The molecule has 4 rings (SSSR count).